The summed E-state index contributed by atoms with van der Waals surface area (Å²) in [5.41, 5.74) is 5.41. The Bertz CT molecular complexity index is 852. The van der Waals surface area contributed by atoms with Gasteiger partial charge in [-0.1, -0.05) is 23.7 Å². The van der Waals surface area contributed by atoms with Gasteiger partial charge in [0.25, 0.3) is 5.91 Å². The number of halogens is 1. The molecule has 2 amide bonds. The van der Waals surface area contributed by atoms with Crippen molar-refractivity contribution in [2.75, 3.05) is 11.9 Å². The van der Waals surface area contributed by atoms with E-state index in [-0.39, 0.29) is 29.4 Å². The Morgan fingerprint density at radius 1 is 1.37 bits per heavy atom. The number of aliphatic hydroxyl groups excluding tert-OH is 1. The molecule has 27 heavy (non-hydrogen) atoms. The van der Waals surface area contributed by atoms with Gasteiger partial charge in [-0.3, -0.25) is 14.3 Å². The average molecular weight is 395 g/mol. The number of benzene rings is 1. The van der Waals surface area contributed by atoms with Crippen molar-refractivity contribution in [2.45, 2.75) is 26.0 Å². The second-order valence-electron chi connectivity index (χ2n) is 5.64. The summed E-state index contributed by atoms with van der Waals surface area (Å²) in [7, 11) is 0. The second kappa shape index (κ2) is 9.15. The third-order valence-electron chi connectivity index (χ3n) is 3.65. The van der Waals surface area contributed by atoms with Crippen LogP contribution in [0.5, 0.6) is 0 Å². The number of ether oxygens (including phenoxy) is 1. The van der Waals surface area contributed by atoms with Gasteiger partial charge in [-0.2, -0.15) is 5.10 Å². The number of amides is 2. The number of hydrogen-bond donors (Lipinski definition) is 3. The molecule has 0 aliphatic rings. The molecule has 0 unspecified atom stereocenters. The maximum absolute atomic E-state index is 12.6. The molecule has 0 bridgehead atoms. The van der Waals surface area contributed by atoms with E-state index in [0.29, 0.717) is 12.1 Å². The number of carbonyl (C=O) groups is 3. The fourth-order valence-electron chi connectivity index (χ4n) is 2.38. The standard InChI is InChI=1S/C17H19ClN4O5/c1-10(27-17(19)26)13(24)9-11-3-2-4-12(18)15(11)16(25)20-14-5-6-22(21-14)7-8-23/h2-6,10,23H,7-9H2,1H3,(H2,19,26)(H,20,21,25)/t10-/m0/s1. The van der Waals surface area contributed by atoms with Crippen molar-refractivity contribution < 1.29 is 24.2 Å². The summed E-state index contributed by atoms with van der Waals surface area (Å²) >= 11 is 6.16. The first kappa shape index (κ1) is 20.4. The number of anilines is 1. The van der Waals surface area contributed by atoms with Crippen LogP contribution in [-0.2, 0) is 22.5 Å². The maximum Gasteiger partial charge on any atom is 0.405 e. The number of Topliss-reactive ketones (excluding diaryl/α,β-unsaturated/α-hetero) is 1. The minimum absolute atomic E-state index is 0.0859. The highest BCUT2D eigenvalue weighted by Gasteiger charge is 2.22. The highest BCUT2D eigenvalue weighted by atomic mass is 35.5. The first-order valence-electron chi connectivity index (χ1n) is 8.03. The minimum Gasteiger partial charge on any atom is -0.439 e. The number of rotatable bonds is 8. The Labute approximate surface area is 160 Å². The van der Waals surface area contributed by atoms with Gasteiger partial charge in [0.1, 0.15) is 0 Å². The van der Waals surface area contributed by atoms with Crippen LogP contribution in [-0.4, -0.2) is 45.4 Å². The normalized spacial score (nSPS) is 11.7. The van der Waals surface area contributed by atoms with E-state index in [2.05, 4.69) is 15.2 Å². The zero-order valence-electron chi connectivity index (χ0n) is 14.5. The topological polar surface area (TPSA) is 137 Å². The van der Waals surface area contributed by atoms with Gasteiger partial charge in [0.2, 0.25) is 0 Å². The van der Waals surface area contributed by atoms with E-state index in [1.807, 2.05) is 0 Å². The molecule has 0 radical (unpaired) electrons. The van der Waals surface area contributed by atoms with E-state index in [4.69, 9.17) is 22.4 Å². The van der Waals surface area contributed by atoms with Gasteiger partial charge in [-0.05, 0) is 18.6 Å². The van der Waals surface area contributed by atoms with Crippen LogP contribution in [0.2, 0.25) is 5.02 Å². The van der Waals surface area contributed by atoms with Crippen molar-refractivity contribution in [1.29, 1.82) is 0 Å². The molecule has 2 aromatic rings. The number of ketones is 1. The van der Waals surface area contributed by atoms with Gasteiger partial charge < -0.3 is 20.9 Å². The number of nitrogens with zero attached hydrogens (tertiary/aromatic N) is 2. The highest BCUT2D eigenvalue weighted by molar-refractivity contribution is 6.34. The summed E-state index contributed by atoms with van der Waals surface area (Å²) in [4.78, 5) is 35.6. The zero-order chi connectivity index (χ0) is 20.0. The Hall–Kier alpha value is -2.91. The van der Waals surface area contributed by atoms with E-state index >= 15 is 0 Å². The summed E-state index contributed by atoms with van der Waals surface area (Å²) in [6.07, 6.45) is -0.674. The molecule has 1 heterocycles. The molecule has 1 aromatic heterocycles. The van der Waals surface area contributed by atoms with E-state index < -0.39 is 23.9 Å². The van der Waals surface area contributed by atoms with Crippen LogP contribution in [0, 0.1) is 0 Å². The van der Waals surface area contributed by atoms with Gasteiger partial charge in [0, 0.05) is 18.7 Å². The van der Waals surface area contributed by atoms with Crippen molar-refractivity contribution in [3.05, 3.63) is 46.6 Å². The summed E-state index contributed by atoms with van der Waals surface area (Å²) < 4.78 is 6.13. The first-order valence-corrected chi connectivity index (χ1v) is 8.41. The molecule has 0 spiro atoms. The molecule has 0 aliphatic heterocycles. The number of primary amides is 1. The minimum atomic E-state index is -1.06. The summed E-state index contributed by atoms with van der Waals surface area (Å²) in [5, 5.41) is 15.8. The lowest BCUT2D eigenvalue weighted by molar-refractivity contribution is -0.125. The number of aliphatic hydroxyl groups is 1. The SMILES string of the molecule is C[C@H](OC(N)=O)C(=O)Cc1cccc(Cl)c1C(=O)Nc1ccn(CCO)n1. The lowest BCUT2D eigenvalue weighted by Crippen LogP contribution is -2.29. The molecule has 0 saturated carbocycles. The molecule has 0 aliphatic carbocycles. The van der Waals surface area contributed by atoms with Gasteiger partial charge >= 0.3 is 6.09 Å². The average Bonchev–Trinajstić information content (AvgIpc) is 3.01. The molecule has 0 saturated heterocycles. The third-order valence-corrected chi connectivity index (χ3v) is 3.96. The van der Waals surface area contributed by atoms with Gasteiger partial charge in [0.15, 0.2) is 17.7 Å². The van der Waals surface area contributed by atoms with Crippen molar-refractivity contribution in [2.24, 2.45) is 5.73 Å². The van der Waals surface area contributed by atoms with E-state index in [1.165, 1.54) is 17.7 Å². The number of carbonyl (C=O) groups excluding carboxylic acids is 3. The van der Waals surface area contributed by atoms with Crippen molar-refractivity contribution in [1.82, 2.24) is 9.78 Å². The van der Waals surface area contributed by atoms with Crippen LogP contribution in [0.15, 0.2) is 30.5 Å². The van der Waals surface area contributed by atoms with Crippen LogP contribution >= 0.6 is 11.6 Å². The fraction of sp³-hybridized carbons (Fsp3) is 0.294. The molecule has 9 nitrogen and oxygen atoms in total. The fourth-order valence-corrected chi connectivity index (χ4v) is 2.66. The van der Waals surface area contributed by atoms with E-state index in [0.717, 1.165) is 0 Å². The van der Waals surface area contributed by atoms with Crippen LogP contribution in [0.1, 0.15) is 22.8 Å². The number of nitrogens with one attached hydrogen (secondary N) is 1. The van der Waals surface area contributed by atoms with Crippen LogP contribution in [0.3, 0.4) is 0 Å². The van der Waals surface area contributed by atoms with Crippen LogP contribution in [0.25, 0.3) is 0 Å². The van der Waals surface area contributed by atoms with Crippen molar-refractivity contribution >= 4 is 35.2 Å². The molecular formula is C17H19ClN4O5. The second-order valence-corrected chi connectivity index (χ2v) is 6.05. The maximum atomic E-state index is 12.6. The lowest BCUT2D eigenvalue weighted by Gasteiger charge is -2.13. The Balaban J connectivity index is 2.19. The predicted octanol–water partition coefficient (Wildman–Crippen LogP) is 1.38. The molecule has 144 valence electrons. The van der Waals surface area contributed by atoms with Crippen LogP contribution < -0.4 is 11.1 Å². The van der Waals surface area contributed by atoms with Crippen molar-refractivity contribution in [3.8, 4) is 0 Å². The van der Waals surface area contributed by atoms with Crippen LogP contribution in [0.4, 0.5) is 10.6 Å². The van der Waals surface area contributed by atoms with Crippen molar-refractivity contribution in [3.63, 3.8) is 0 Å². The number of nitrogens with two attached hydrogens (primary N) is 1. The Morgan fingerprint density at radius 3 is 2.78 bits per heavy atom. The molecule has 2 rings (SSSR count). The highest BCUT2D eigenvalue weighted by Crippen LogP contribution is 2.22. The summed E-state index contributed by atoms with van der Waals surface area (Å²) in [6.45, 7) is 1.60. The molecule has 1 aromatic carbocycles. The Kier molecular flexibility index (Phi) is 6.91. The van der Waals surface area contributed by atoms with Gasteiger partial charge in [0.05, 0.1) is 23.7 Å². The molecule has 0 fully saturated rings. The molecular weight excluding hydrogens is 376 g/mol. The smallest absolute Gasteiger partial charge is 0.405 e. The van der Waals surface area contributed by atoms with Gasteiger partial charge in [-0.15, -0.1) is 0 Å². The largest absolute Gasteiger partial charge is 0.439 e. The third kappa shape index (κ3) is 5.53. The Morgan fingerprint density at radius 2 is 2.11 bits per heavy atom. The summed E-state index contributed by atoms with van der Waals surface area (Å²) in [5.74, 6) is -0.700. The monoisotopic (exact) mass is 394 g/mol. The number of aromatic nitrogens is 2. The van der Waals surface area contributed by atoms with E-state index in [1.54, 1.807) is 24.4 Å². The quantitative estimate of drug-likeness (QED) is 0.618. The predicted molar refractivity (Wildman–Crippen MR) is 97.6 cm³/mol. The number of hydrogen-bond acceptors (Lipinski definition) is 6. The zero-order valence-corrected chi connectivity index (χ0v) is 15.3. The lowest BCUT2D eigenvalue weighted by atomic mass is 9.99. The molecule has 1 atom stereocenters. The molecule has 4 N–H and O–H groups in total. The van der Waals surface area contributed by atoms with Gasteiger partial charge in [-0.25, -0.2) is 4.79 Å². The molecule has 10 heteroatoms. The van der Waals surface area contributed by atoms with E-state index in [9.17, 15) is 14.4 Å². The first-order chi connectivity index (χ1) is 12.8. The summed E-state index contributed by atoms with van der Waals surface area (Å²) in [6, 6.07) is 6.29.